The number of pyridine rings is 1. The molecule has 1 amide bonds. The quantitative estimate of drug-likeness (QED) is 0.732. The standard InChI is InChI=1S/C16H14F2N6O2/c17-10(18)7-24-9(6-8-2-1-3-20-14(8)24)13-22-12(19)11-15(25)21-4-5-26-16(11)23-13/h1-3,6,10H,4-5,7H2,(H,21,25)(H2,19,22,23). The fourth-order valence-electron chi connectivity index (χ4n) is 2.88. The summed E-state index contributed by atoms with van der Waals surface area (Å²) in [6, 6.07) is 5.12. The maximum Gasteiger partial charge on any atom is 0.260 e. The molecule has 1 aliphatic rings. The van der Waals surface area contributed by atoms with E-state index in [-0.39, 0.29) is 29.7 Å². The van der Waals surface area contributed by atoms with Gasteiger partial charge in [0.15, 0.2) is 5.82 Å². The molecule has 0 atom stereocenters. The molecular formula is C16H14F2N6O2. The van der Waals surface area contributed by atoms with Crippen LogP contribution in [0.5, 0.6) is 5.88 Å². The number of hydrogen-bond acceptors (Lipinski definition) is 6. The van der Waals surface area contributed by atoms with Gasteiger partial charge in [-0.1, -0.05) is 0 Å². The monoisotopic (exact) mass is 360 g/mol. The molecule has 3 aromatic heterocycles. The first-order chi connectivity index (χ1) is 12.5. The second-order valence-electron chi connectivity index (χ2n) is 5.66. The van der Waals surface area contributed by atoms with E-state index in [1.807, 2.05) is 0 Å². The Labute approximate surface area is 146 Å². The number of nitrogens with zero attached hydrogens (tertiary/aromatic N) is 4. The van der Waals surface area contributed by atoms with Crippen molar-refractivity contribution in [1.29, 1.82) is 0 Å². The van der Waals surface area contributed by atoms with Crippen LogP contribution in [0.3, 0.4) is 0 Å². The van der Waals surface area contributed by atoms with Gasteiger partial charge in [-0.3, -0.25) is 4.79 Å². The molecule has 4 rings (SSSR count). The molecule has 134 valence electrons. The predicted molar refractivity (Wildman–Crippen MR) is 89.0 cm³/mol. The van der Waals surface area contributed by atoms with Crippen LogP contribution < -0.4 is 15.8 Å². The predicted octanol–water partition coefficient (Wildman–Crippen LogP) is 1.46. The number of carbonyl (C=O) groups excluding carboxylic acids is 1. The van der Waals surface area contributed by atoms with Crippen molar-refractivity contribution in [3.8, 4) is 17.4 Å². The van der Waals surface area contributed by atoms with Gasteiger partial charge in [-0.05, 0) is 18.2 Å². The number of fused-ring (bicyclic) bond motifs is 2. The van der Waals surface area contributed by atoms with E-state index in [1.165, 1.54) is 10.8 Å². The summed E-state index contributed by atoms with van der Waals surface area (Å²) in [5, 5.41) is 3.29. The van der Waals surface area contributed by atoms with E-state index in [9.17, 15) is 13.6 Å². The number of alkyl halides is 2. The van der Waals surface area contributed by atoms with E-state index in [1.54, 1.807) is 18.2 Å². The summed E-state index contributed by atoms with van der Waals surface area (Å²) in [4.78, 5) is 24.6. The zero-order chi connectivity index (χ0) is 18.3. The molecule has 26 heavy (non-hydrogen) atoms. The second kappa shape index (κ2) is 6.21. The molecule has 0 bridgehead atoms. The SMILES string of the molecule is Nc1nc(-c2cc3cccnc3n2CC(F)F)nc2c1C(=O)NCCO2. The van der Waals surface area contributed by atoms with Gasteiger partial charge in [-0.2, -0.15) is 4.98 Å². The first-order valence-corrected chi connectivity index (χ1v) is 7.86. The van der Waals surface area contributed by atoms with E-state index in [0.29, 0.717) is 23.3 Å². The highest BCUT2D eigenvalue weighted by atomic mass is 19.3. The van der Waals surface area contributed by atoms with Crippen molar-refractivity contribution in [2.45, 2.75) is 13.0 Å². The molecule has 0 radical (unpaired) electrons. The number of amides is 1. The molecule has 0 saturated heterocycles. The van der Waals surface area contributed by atoms with Crippen LogP contribution >= 0.6 is 0 Å². The number of aromatic nitrogens is 4. The van der Waals surface area contributed by atoms with Crippen molar-refractivity contribution in [3.05, 3.63) is 30.0 Å². The van der Waals surface area contributed by atoms with Gasteiger partial charge in [-0.25, -0.2) is 18.7 Å². The molecule has 1 aliphatic heterocycles. The van der Waals surface area contributed by atoms with Crippen molar-refractivity contribution in [2.75, 3.05) is 18.9 Å². The molecule has 0 unspecified atom stereocenters. The van der Waals surface area contributed by atoms with Crippen LogP contribution in [-0.2, 0) is 6.54 Å². The van der Waals surface area contributed by atoms with Crippen molar-refractivity contribution >= 4 is 22.8 Å². The molecular weight excluding hydrogens is 346 g/mol. The van der Waals surface area contributed by atoms with Crippen LogP contribution in [-0.4, -0.2) is 45.0 Å². The van der Waals surface area contributed by atoms with Gasteiger partial charge in [0.25, 0.3) is 12.3 Å². The molecule has 0 aromatic carbocycles. The van der Waals surface area contributed by atoms with Crippen LogP contribution in [0, 0.1) is 0 Å². The first-order valence-electron chi connectivity index (χ1n) is 7.86. The summed E-state index contributed by atoms with van der Waals surface area (Å²) in [6.45, 7) is -0.0483. The van der Waals surface area contributed by atoms with Crippen molar-refractivity contribution in [3.63, 3.8) is 0 Å². The third-order valence-electron chi connectivity index (χ3n) is 3.96. The number of halogens is 2. The topological polar surface area (TPSA) is 108 Å². The molecule has 4 heterocycles. The van der Waals surface area contributed by atoms with Gasteiger partial charge >= 0.3 is 0 Å². The Morgan fingerprint density at radius 1 is 1.38 bits per heavy atom. The molecule has 0 aliphatic carbocycles. The Balaban J connectivity index is 1.92. The molecule has 10 heteroatoms. The number of anilines is 1. The average molecular weight is 360 g/mol. The fourth-order valence-corrected chi connectivity index (χ4v) is 2.88. The summed E-state index contributed by atoms with van der Waals surface area (Å²) in [7, 11) is 0. The molecule has 8 nitrogen and oxygen atoms in total. The van der Waals surface area contributed by atoms with Gasteiger partial charge in [0.05, 0.1) is 18.8 Å². The lowest BCUT2D eigenvalue weighted by atomic mass is 10.2. The summed E-state index contributed by atoms with van der Waals surface area (Å²) in [5.41, 5.74) is 6.67. The first kappa shape index (κ1) is 16.2. The zero-order valence-corrected chi connectivity index (χ0v) is 13.4. The van der Waals surface area contributed by atoms with Gasteiger partial charge < -0.3 is 20.4 Å². The van der Waals surface area contributed by atoms with Crippen LogP contribution in [0.2, 0.25) is 0 Å². The summed E-state index contributed by atoms with van der Waals surface area (Å²) in [6.07, 6.45) is -1.07. The molecule has 3 N–H and O–H groups in total. The largest absolute Gasteiger partial charge is 0.475 e. The van der Waals surface area contributed by atoms with E-state index < -0.39 is 18.9 Å². The Kier molecular flexibility index (Phi) is 3.86. The highest BCUT2D eigenvalue weighted by Crippen LogP contribution is 2.30. The Bertz CT molecular complexity index is 1000. The molecule has 0 fully saturated rings. The number of nitrogens with one attached hydrogen (secondary N) is 1. The van der Waals surface area contributed by atoms with Gasteiger partial charge in [0.1, 0.15) is 23.6 Å². The van der Waals surface area contributed by atoms with E-state index in [4.69, 9.17) is 10.5 Å². The Morgan fingerprint density at radius 3 is 3.04 bits per heavy atom. The van der Waals surface area contributed by atoms with E-state index in [2.05, 4.69) is 20.3 Å². The minimum absolute atomic E-state index is 0.0318. The van der Waals surface area contributed by atoms with E-state index in [0.717, 1.165) is 0 Å². The normalized spacial score (nSPS) is 14.0. The maximum absolute atomic E-state index is 13.1. The number of ether oxygens (including phenoxy) is 1. The third kappa shape index (κ3) is 2.68. The molecule has 3 aromatic rings. The lowest BCUT2D eigenvalue weighted by molar-refractivity contribution is 0.0957. The molecule has 0 saturated carbocycles. The van der Waals surface area contributed by atoms with Gasteiger partial charge in [0, 0.05) is 11.6 Å². The average Bonchev–Trinajstić information content (AvgIpc) is 2.84. The number of nitrogens with two attached hydrogens (primary N) is 1. The second-order valence-corrected chi connectivity index (χ2v) is 5.66. The van der Waals surface area contributed by atoms with Crippen LogP contribution in [0.1, 0.15) is 10.4 Å². The lowest BCUT2D eigenvalue weighted by Gasteiger charge is -2.12. The number of carbonyl (C=O) groups is 1. The number of hydrogen-bond donors (Lipinski definition) is 2. The number of nitrogen functional groups attached to an aromatic ring is 1. The van der Waals surface area contributed by atoms with Gasteiger partial charge in [-0.15, -0.1) is 0 Å². The maximum atomic E-state index is 13.1. The zero-order valence-electron chi connectivity index (χ0n) is 13.4. The van der Waals surface area contributed by atoms with Crippen molar-refractivity contribution in [2.24, 2.45) is 0 Å². The smallest absolute Gasteiger partial charge is 0.260 e. The van der Waals surface area contributed by atoms with Gasteiger partial charge in [0.2, 0.25) is 5.88 Å². The van der Waals surface area contributed by atoms with Crippen molar-refractivity contribution < 1.29 is 18.3 Å². The summed E-state index contributed by atoms with van der Waals surface area (Å²) >= 11 is 0. The van der Waals surface area contributed by atoms with Crippen LogP contribution in [0.4, 0.5) is 14.6 Å². The highest BCUT2D eigenvalue weighted by molar-refractivity contribution is 6.01. The van der Waals surface area contributed by atoms with E-state index >= 15 is 0 Å². The lowest BCUT2D eigenvalue weighted by Crippen LogP contribution is -2.25. The van der Waals surface area contributed by atoms with Crippen LogP contribution in [0.15, 0.2) is 24.4 Å². The highest BCUT2D eigenvalue weighted by Gasteiger charge is 2.25. The Morgan fingerprint density at radius 2 is 2.23 bits per heavy atom. The van der Waals surface area contributed by atoms with Crippen molar-refractivity contribution in [1.82, 2.24) is 24.8 Å². The Hall–Kier alpha value is -3.30. The van der Waals surface area contributed by atoms with Crippen LogP contribution in [0.25, 0.3) is 22.6 Å². The third-order valence-corrected chi connectivity index (χ3v) is 3.96. The minimum Gasteiger partial charge on any atom is -0.475 e. The number of rotatable bonds is 3. The summed E-state index contributed by atoms with van der Waals surface area (Å²) < 4.78 is 33.0. The molecule has 0 spiro atoms. The summed E-state index contributed by atoms with van der Waals surface area (Å²) in [5.74, 6) is -0.388. The fraction of sp³-hybridized carbons (Fsp3) is 0.250. The minimum atomic E-state index is -2.59.